The SMILES string of the molecule is CCNCc1cc(S(=O)(=O)N(CCOC)CC(C)C)cs1. The van der Waals surface area contributed by atoms with E-state index < -0.39 is 10.0 Å². The summed E-state index contributed by atoms with van der Waals surface area (Å²) >= 11 is 1.48. The highest BCUT2D eigenvalue weighted by molar-refractivity contribution is 7.89. The summed E-state index contributed by atoms with van der Waals surface area (Å²) in [6.45, 7) is 8.92. The molecule has 0 amide bonds. The smallest absolute Gasteiger partial charge is 0.243 e. The number of sulfonamides is 1. The summed E-state index contributed by atoms with van der Waals surface area (Å²) in [7, 11) is -1.85. The van der Waals surface area contributed by atoms with Gasteiger partial charge in [-0.2, -0.15) is 4.31 Å². The third-order valence-corrected chi connectivity index (χ3v) is 5.86. The van der Waals surface area contributed by atoms with E-state index in [4.69, 9.17) is 4.74 Å². The highest BCUT2D eigenvalue weighted by Crippen LogP contribution is 2.23. The molecule has 0 saturated carbocycles. The Hall–Kier alpha value is -0.470. The molecule has 0 aromatic carbocycles. The van der Waals surface area contributed by atoms with E-state index in [0.717, 1.165) is 11.4 Å². The Morgan fingerprint density at radius 1 is 1.43 bits per heavy atom. The van der Waals surface area contributed by atoms with Gasteiger partial charge in [-0.15, -0.1) is 11.3 Å². The number of ether oxygens (including phenoxy) is 1. The van der Waals surface area contributed by atoms with Crippen LogP contribution in [0.25, 0.3) is 0 Å². The van der Waals surface area contributed by atoms with Crippen LogP contribution in [-0.2, 0) is 21.3 Å². The fraction of sp³-hybridized carbons (Fsp3) is 0.714. The summed E-state index contributed by atoms with van der Waals surface area (Å²) in [6, 6.07) is 1.77. The zero-order valence-corrected chi connectivity index (χ0v) is 14.9. The first-order chi connectivity index (χ1) is 9.91. The van der Waals surface area contributed by atoms with Crippen LogP contribution < -0.4 is 5.32 Å². The maximum atomic E-state index is 12.7. The molecule has 0 fully saturated rings. The van der Waals surface area contributed by atoms with Gasteiger partial charge in [0.2, 0.25) is 10.0 Å². The third kappa shape index (κ3) is 5.67. The fourth-order valence-corrected chi connectivity index (χ4v) is 4.72. The molecule has 0 unspecified atom stereocenters. The number of hydrogen-bond acceptors (Lipinski definition) is 5. The summed E-state index contributed by atoms with van der Waals surface area (Å²) in [6.07, 6.45) is 0. The van der Waals surface area contributed by atoms with E-state index in [1.807, 2.05) is 20.8 Å². The lowest BCUT2D eigenvalue weighted by atomic mass is 10.2. The van der Waals surface area contributed by atoms with Gasteiger partial charge in [0, 0.05) is 37.0 Å². The lowest BCUT2D eigenvalue weighted by molar-refractivity contribution is 0.175. The van der Waals surface area contributed by atoms with Crippen molar-refractivity contribution in [2.75, 3.05) is 33.4 Å². The van der Waals surface area contributed by atoms with E-state index >= 15 is 0 Å². The Morgan fingerprint density at radius 2 is 2.14 bits per heavy atom. The summed E-state index contributed by atoms with van der Waals surface area (Å²) in [4.78, 5) is 1.42. The second kappa shape index (κ2) is 8.85. The molecular formula is C14H26N2O3S2. The lowest BCUT2D eigenvalue weighted by Crippen LogP contribution is -2.36. The van der Waals surface area contributed by atoms with Gasteiger partial charge in [-0.05, 0) is 18.5 Å². The molecule has 1 N–H and O–H groups in total. The first-order valence-electron chi connectivity index (χ1n) is 7.19. The molecule has 21 heavy (non-hydrogen) atoms. The van der Waals surface area contributed by atoms with Gasteiger partial charge in [0.1, 0.15) is 0 Å². The molecule has 122 valence electrons. The van der Waals surface area contributed by atoms with Crippen LogP contribution in [0, 0.1) is 5.92 Å². The number of nitrogens with zero attached hydrogens (tertiary/aromatic N) is 1. The molecule has 1 aromatic rings. The Balaban J connectivity index is 2.90. The van der Waals surface area contributed by atoms with E-state index in [-0.39, 0.29) is 5.92 Å². The molecule has 0 atom stereocenters. The van der Waals surface area contributed by atoms with Gasteiger partial charge in [0.15, 0.2) is 0 Å². The van der Waals surface area contributed by atoms with Gasteiger partial charge in [-0.3, -0.25) is 0 Å². The van der Waals surface area contributed by atoms with Crippen LogP contribution in [0.15, 0.2) is 16.3 Å². The minimum atomic E-state index is -3.44. The van der Waals surface area contributed by atoms with Gasteiger partial charge in [0.05, 0.1) is 11.5 Å². The van der Waals surface area contributed by atoms with Crippen LogP contribution in [0.3, 0.4) is 0 Å². The Kier molecular flexibility index (Phi) is 7.83. The zero-order chi connectivity index (χ0) is 15.9. The van der Waals surface area contributed by atoms with E-state index in [1.54, 1.807) is 18.6 Å². The van der Waals surface area contributed by atoms with E-state index in [9.17, 15) is 8.42 Å². The molecule has 1 rings (SSSR count). The maximum absolute atomic E-state index is 12.7. The summed E-state index contributed by atoms with van der Waals surface area (Å²) < 4.78 is 32.0. The molecule has 1 heterocycles. The molecule has 7 heteroatoms. The minimum Gasteiger partial charge on any atom is -0.383 e. The lowest BCUT2D eigenvalue weighted by Gasteiger charge is -2.23. The quantitative estimate of drug-likeness (QED) is 0.712. The minimum absolute atomic E-state index is 0.275. The first kappa shape index (κ1) is 18.6. The summed E-state index contributed by atoms with van der Waals surface area (Å²) in [5, 5.41) is 4.93. The number of rotatable bonds is 10. The summed E-state index contributed by atoms with van der Waals surface area (Å²) in [5.41, 5.74) is 0. The van der Waals surface area contributed by atoms with Gasteiger partial charge in [-0.1, -0.05) is 20.8 Å². The van der Waals surface area contributed by atoms with Crippen molar-refractivity contribution < 1.29 is 13.2 Å². The average Bonchev–Trinajstić information content (AvgIpc) is 2.90. The largest absolute Gasteiger partial charge is 0.383 e. The molecule has 0 saturated heterocycles. The third-order valence-electron chi connectivity index (χ3n) is 2.93. The molecule has 0 aliphatic rings. The van der Waals surface area contributed by atoms with Crippen LogP contribution in [0.2, 0.25) is 0 Å². The average molecular weight is 335 g/mol. The zero-order valence-electron chi connectivity index (χ0n) is 13.3. The topological polar surface area (TPSA) is 58.6 Å². The highest BCUT2D eigenvalue weighted by atomic mass is 32.2. The second-order valence-corrected chi connectivity index (χ2v) is 8.21. The molecule has 0 aliphatic heterocycles. The van der Waals surface area contributed by atoms with Crippen molar-refractivity contribution in [3.63, 3.8) is 0 Å². The van der Waals surface area contributed by atoms with Gasteiger partial charge in [0.25, 0.3) is 0 Å². The molecule has 0 bridgehead atoms. The van der Waals surface area contributed by atoms with E-state index in [2.05, 4.69) is 5.32 Å². The first-order valence-corrected chi connectivity index (χ1v) is 9.51. The number of hydrogen-bond donors (Lipinski definition) is 1. The van der Waals surface area contributed by atoms with Crippen LogP contribution in [0.5, 0.6) is 0 Å². The van der Waals surface area contributed by atoms with Crippen molar-refractivity contribution in [1.82, 2.24) is 9.62 Å². The molecule has 0 spiro atoms. The molecule has 1 aromatic heterocycles. The number of methoxy groups -OCH3 is 1. The molecule has 0 radical (unpaired) electrons. The summed E-state index contributed by atoms with van der Waals surface area (Å²) in [5.74, 6) is 0.275. The van der Waals surface area contributed by atoms with Gasteiger partial charge < -0.3 is 10.1 Å². The van der Waals surface area contributed by atoms with E-state index in [0.29, 0.717) is 31.1 Å². The van der Waals surface area contributed by atoms with Gasteiger partial charge >= 0.3 is 0 Å². The number of thiophene rings is 1. The fourth-order valence-electron chi connectivity index (χ4n) is 1.90. The van der Waals surface area contributed by atoms with Crippen molar-refractivity contribution >= 4 is 21.4 Å². The van der Waals surface area contributed by atoms with Crippen LogP contribution in [0.4, 0.5) is 0 Å². The number of nitrogens with one attached hydrogen (secondary N) is 1. The predicted molar refractivity (Wildman–Crippen MR) is 87.2 cm³/mol. The normalized spacial score (nSPS) is 12.5. The van der Waals surface area contributed by atoms with Crippen LogP contribution in [0.1, 0.15) is 25.6 Å². The van der Waals surface area contributed by atoms with Crippen LogP contribution >= 0.6 is 11.3 Å². The molecule has 0 aliphatic carbocycles. The Bertz CT molecular complexity index is 512. The molecular weight excluding hydrogens is 308 g/mol. The molecule has 5 nitrogen and oxygen atoms in total. The van der Waals surface area contributed by atoms with E-state index in [1.165, 1.54) is 15.6 Å². The maximum Gasteiger partial charge on any atom is 0.243 e. The van der Waals surface area contributed by atoms with Crippen molar-refractivity contribution in [1.29, 1.82) is 0 Å². The monoisotopic (exact) mass is 334 g/mol. The van der Waals surface area contributed by atoms with Crippen molar-refractivity contribution in [2.24, 2.45) is 5.92 Å². The highest BCUT2D eigenvalue weighted by Gasteiger charge is 2.26. The van der Waals surface area contributed by atoms with Crippen LogP contribution in [-0.4, -0.2) is 46.1 Å². The predicted octanol–water partition coefficient (Wildman–Crippen LogP) is 2.15. The van der Waals surface area contributed by atoms with Gasteiger partial charge in [-0.25, -0.2) is 8.42 Å². The van der Waals surface area contributed by atoms with Crippen molar-refractivity contribution in [3.05, 3.63) is 16.3 Å². The standard InChI is InChI=1S/C14H26N2O3S2/c1-5-15-9-13-8-14(11-20-13)21(17,18)16(6-7-19-4)10-12(2)3/h8,11-12,15H,5-7,9-10H2,1-4H3. The Labute approximate surface area is 132 Å². The second-order valence-electron chi connectivity index (χ2n) is 5.28. The van der Waals surface area contributed by atoms with Crippen molar-refractivity contribution in [2.45, 2.75) is 32.2 Å². The Morgan fingerprint density at radius 3 is 2.71 bits per heavy atom. The van der Waals surface area contributed by atoms with Crippen molar-refractivity contribution in [3.8, 4) is 0 Å².